The van der Waals surface area contributed by atoms with Crippen molar-refractivity contribution in [1.29, 1.82) is 0 Å². The van der Waals surface area contributed by atoms with Crippen LogP contribution in [0.25, 0.3) is 0 Å². The number of carbonyl (C=O) groups excluding carboxylic acids is 1. The number of benzene rings is 1. The lowest BCUT2D eigenvalue weighted by Gasteiger charge is -2.09. The molecule has 0 saturated heterocycles. The van der Waals surface area contributed by atoms with Crippen LogP contribution in [0.15, 0.2) is 6.07 Å². The lowest BCUT2D eigenvalue weighted by atomic mass is 10.0. The zero-order chi connectivity index (χ0) is 11.0. The number of nitrogens with two attached hydrogens (primary N) is 1. The summed E-state index contributed by atoms with van der Waals surface area (Å²) in [6.45, 7) is -0.673. The number of carbonyl (C=O) groups is 1. The van der Waals surface area contributed by atoms with Gasteiger partial charge in [0.15, 0.2) is 5.82 Å². The average molecular weight is 212 g/mol. The van der Waals surface area contributed by atoms with Crippen LogP contribution in [0.2, 0.25) is 0 Å². The first-order valence-electron chi connectivity index (χ1n) is 4.59. The van der Waals surface area contributed by atoms with Crippen LogP contribution in [-0.2, 0) is 17.6 Å². The summed E-state index contributed by atoms with van der Waals surface area (Å²) in [6, 6.07) is 1.53. The van der Waals surface area contributed by atoms with Gasteiger partial charge >= 0.3 is 0 Å². The van der Waals surface area contributed by atoms with Crippen LogP contribution in [0.3, 0.4) is 0 Å². The molecule has 0 atom stereocenters. The van der Waals surface area contributed by atoms with Crippen molar-refractivity contribution in [2.75, 3.05) is 17.7 Å². The second-order valence-corrected chi connectivity index (χ2v) is 3.46. The number of hydrogen-bond donors (Lipinski definition) is 2. The Morgan fingerprint density at radius 3 is 2.93 bits per heavy atom. The summed E-state index contributed by atoms with van der Waals surface area (Å²) in [4.78, 5) is 11.0. The van der Waals surface area contributed by atoms with Gasteiger partial charge in [0, 0.05) is 17.7 Å². The van der Waals surface area contributed by atoms with E-state index in [-0.39, 0.29) is 35.7 Å². The summed E-state index contributed by atoms with van der Waals surface area (Å²) < 4.78 is 25.9. The first-order chi connectivity index (χ1) is 7.13. The summed E-state index contributed by atoms with van der Waals surface area (Å²) in [7, 11) is 0. The molecule has 0 bridgehead atoms. The predicted octanol–water partition coefficient (Wildman–Crippen LogP) is 1.41. The molecule has 0 fully saturated rings. The Hall–Kier alpha value is -1.65. The molecule has 0 radical (unpaired) electrons. The van der Waals surface area contributed by atoms with Crippen molar-refractivity contribution in [3.05, 3.63) is 23.0 Å². The molecular weight excluding hydrogens is 202 g/mol. The highest BCUT2D eigenvalue weighted by atomic mass is 19.1. The first kappa shape index (κ1) is 9.89. The molecule has 1 aromatic rings. The quantitative estimate of drug-likeness (QED) is 0.728. The van der Waals surface area contributed by atoms with Gasteiger partial charge in [0.1, 0.15) is 0 Å². The molecule has 1 aromatic carbocycles. The fourth-order valence-electron chi connectivity index (χ4n) is 1.75. The fraction of sp³-hybridized carbons (Fsp3) is 0.300. The molecule has 0 unspecified atom stereocenters. The van der Waals surface area contributed by atoms with E-state index in [4.69, 9.17) is 5.73 Å². The van der Waals surface area contributed by atoms with Crippen molar-refractivity contribution in [1.82, 2.24) is 0 Å². The SMILES string of the molecule is Nc1cc2c(c(F)c1CCF)NC(=O)C2. The maximum absolute atomic E-state index is 13.7. The number of anilines is 2. The molecule has 5 heteroatoms. The second-order valence-electron chi connectivity index (χ2n) is 3.46. The van der Waals surface area contributed by atoms with E-state index in [1.807, 2.05) is 0 Å². The maximum atomic E-state index is 13.7. The van der Waals surface area contributed by atoms with Gasteiger partial charge in [0.05, 0.1) is 18.8 Å². The van der Waals surface area contributed by atoms with Gasteiger partial charge in [-0.1, -0.05) is 0 Å². The number of halogens is 2. The van der Waals surface area contributed by atoms with E-state index in [0.29, 0.717) is 5.56 Å². The van der Waals surface area contributed by atoms with Crippen LogP contribution in [0.4, 0.5) is 20.2 Å². The molecule has 80 valence electrons. The van der Waals surface area contributed by atoms with E-state index < -0.39 is 12.5 Å². The lowest BCUT2D eigenvalue weighted by Crippen LogP contribution is -2.06. The van der Waals surface area contributed by atoms with Crippen molar-refractivity contribution in [2.45, 2.75) is 12.8 Å². The van der Waals surface area contributed by atoms with Crippen molar-refractivity contribution in [3.8, 4) is 0 Å². The Kier molecular flexibility index (Phi) is 2.30. The topological polar surface area (TPSA) is 55.1 Å². The zero-order valence-electron chi connectivity index (χ0n) is 7.94. The van der Waals surface area contributed by atoms with Gasteiger partial charge in [0.25, 0.3) is 0 Å². The molecule has 0 aromatic heterocycles. The van der Waals surface area contributed by atoms with Gasteiger partial charge < -0.3 is 11.1 Å². The van der Waals surface area contributed by atoms with Gasteiger partial charge in [0.2, 0.25) is 5.91 Å². The zero-order valence-corrected chi connectivity index (χ0v) is 7.94. The third-order valence-corrected chi connectivity index (χ3v) is 2.44. The Balaban J connectivity index is 2.53. The smallest absolute Gasteiger partial charge is 0.228 e. The Morgan fingerprint density at radius 2 is 2.27 bits per heavy atom. The molecule has 0 spiro atoms. The van der Waals surface area contributed by atoms with Crippen molar-refractivity contribution in [2.24, 2.45) is 0 Å². The lowest BCUT2D eigenvalue weighted by molar-refractivity contribution is -0.115. The Bertz CT molecular complexity index is 432. The van der Waals surface area contributed by atoms with Gasteiger partial charge in [-0.05, 0) is 11.6 Å². The molecule has 2 rings (SSSR count). The third kappa shape index (κ3) is 1.54. The average Bonchev–Trinajstić information content (AvgIpc) is 2.53. The van der Waals surface area contributed by atoms with Gasteiger partial charge in [-0.2, -0.15) is 0 Å². The number of hydrogen-bond acceptors (Lipinski definition) is 2. The molecule has 0 aliphatic carbocycles. The van der Waals surface area contributed by atoms with Crippen LogP contribution in [0, 0.1) is 5.82 Å². The number of alkyl halides is 1. The largest absolute Gasteiger partial charge is 0.398 e. The molecule has 1 amide bonds. The molecule has 0 saturated carbocycles. The standard InChI is InChI=1S/C10H10F2N2O/c11-2-1-6-7(13)3-5-4-8(15)14-10(5)9(6)12/h3H,1-2,4,13H2,(H,14,15). The van der Waals surface area contributed by atoms with E-state index in [9.17, 15) is 13.6 Å². The van der Waals surface area contributed by atoms with E-state index in [2.05, 4.69) is 5.32 Å². The second kappa shape index (κ2) is 3.49. The first-order valence-corrected chi connectivity index (χ1v) is 4.59. The van der Waals surface area contributed by atoms with Gasteiger partial charge in [-0.3, -0.25) is 9.18 Å². The number of nitrogen functional groups attached to an aromatic ring is 1. The van der Waals surface area contributed by atoms with Crippen LogP contribution >= 0.6 is 0 Å². The van der Waals surface area contributed by atoms with E-state index in [1.165, 1.54) is 6.07 Å². The minimum Gasteiger partial charge on any atom is -0.398 e. The van der Waals surface area contributed by atoms with Crippen LogP contribution in [-0.4, -0.2) is 12.6 Å². The molecule has 1 heterocycles. The van der Waals surface area contributed by atoms with Gasteiger partial charge in [-0.15, -0.1) is 0 Å². The van der Waals surface area contributed by atoms with E-state index in [1.54, 1.807) is 0 Å². The molecule has 3 N–H and O–H groups in total. The monoisotopic (exact) mass is 212 g/mol. The van der Waals surface area contributed by atoms with Crippen molar-refractivity contribution >= 4 is 17.3 Å². The summed E-state index contributed by atoms with van der Waals surface area (Å²) in [5.74, 6) is -0.866. The third-order valence-electron chi connectivity index (χ3n) is 2.44. The number of rotatable bonds is 2. The normalized spacial score (nSPS) is 13.9. The number of nitrogens with one attached hydrogen (secondary N) is 1. The van der Waals surface area contributed by atoms with E-state index in [0.717, 1.165) is 0 Å². The molecule has 15 heavy (non-hydrogen) atoms. The highest BCUT2D eigenvalue weighted by molar-refractivity contribution is 6.00. The van der Waals surface area contributed by atoms with Crippen LogP contribution in [0.1, 0.15) is 11.1 Å². The minimum absolute atomic E-state index is 0.0686. The Labute approximate surface area is 85.3 Å². The highest BCUT2D eigenvalue weighted by Gasteiger charge is 2.24. The van der Waals surface area contributed by atoms with E-state index >= 15 is 0 Å². The van der Waals surface area contributed by atoms with Gasteiger partial charge in [-0.25, -0.2) is 4.39 Å². The minimum atomic E-state index is -0.673. The molecule has 3 nitrogen and oxygen atoms in total. The fourth-order valence-corrected chi connectivity index (χ4v) is 1.75. The summed E-state index contributed by atoms with van der Waals surface area (Å²) in [6.07, 6.45) is 0.0627. The number of fused-ring (bicyclic) bond motifs is 1. The van der Waals surface area contributed by atoms with Crippen LogP contribution < -0.4 is 11.1 Å². The molecule has 1 aliphatic rings. The summed E-state index contributed by atoms with van der Waals surface area (Å²) in [5.41, 5.74) is 6.62. The highest BCUT2D eigenvalue weighted by Crippen LogP contribution is 2.32. The number of amides is 1. The van der Waals surface area contributed by atoms with Crippen molar-refractivity contribution in [3.63, 3.8) is 0 Å². The predicted molar refractivity (Wildman–Crippen MR) is 52.8 cm³/mol. The summed E-state index contributed by atoms with van der Waals surface area (Å²) in [5, 5.41) is 2.40. The summed E-state index contributed by atoms with van der Waals surface area (Å²) >= 11 is 0. The Morgan fingerprint density at radius 1 is 1.53 bits per heavy atom. The molecule has 1 aliphatic heterocycles. The maximum Gasteiger partial charge on any atom is 0.228 e. The van der Waals surface area contributed by atoms with Crippen molar-refractivity contribution < 1.29 is 13.6 Å². The molecular formula is C10H10F2N2O. The van der Waals surface area contributed by atoms with Crippen LogP contribution in [0.5, 0.6) is 0 Å².